The molecule has 0 aromatic heterocycles. The Balaban J connectivity index is 1.68. The van der Waals surface area contributed by atoms with Gasteiger partial charge in [0, 0.05) is 22.5 Å². The van der Waals surface area contributed by atoms with Gasteiger partial charge in [0.25, 0.3) is 5.69 Å². The lowest BCUT2D eigenvalue weighted by atomic mass is 10.1. The summed E-state index contributed by atoms with van der Waals surface area (Å²) in [6.45, 7) is 0. The van der Waals surface area contributed by atoms with E-state index >= 15 is 0 Å². The Morgan fingerprint density at radius 3 is 2.62 bits per heavy atom. The molecule has 2 unspecified atom stereocenters. The zero-order valence-corrected chi connectivity index (χ0v) is 14.4. The molecule has 2 atom stereocenters. The number of carbonyl (C=O) groups is 1. The average Bonchev–Trinajstić information content (AvgIpc) is 3.37. The summed E-state index contributed by atoms with van der Waals surface area (Å²) in [5.41, 5.74) is 1.44. The Morgan fingerprint density at radius 2 is 2.00 bits per heavy atom. The van der Waals surface area contributed by atoms with Gasteiger partial charge in [-0.2, -0.15) is 0 Å². The first-order chi connectivity index (χ1) is 11.5. The van der Waals surface area contributed by atoms with Crippen LogP contribution in [0, 0.1) is 16.0 Å². The lowest BCUT2D eigenvalue weighted by Crippen LogP contribution is -2.15. The van der Waals surface area contributed by atoms with E-state index in [2.05, 4.69) is 21.2 Å². The summed E-state index contributed by atoms with van der Waals surface area (Å²) in [4.78, 5) is 22.8. The third-order valence-electron chi connectivity index (χ3n) is 4.09. The molecule has 0 heterocycles. The molecular weight excluding hydrogens is 376 g/mol. The normalized spacial score (nSPS) is 18.8. The number of amides is 1. The summed E-state index contributed by atoms with van der Waals surface area (Å²) >= 11 is 3.30. The largest absolute Gasteiger partial charge is 0.497 e. The molecule has 0 aliphatic heterocycles. The number of halogens is 1. The van der Waals surface area contributed by atoms with Crippen molar-refractivity contribution in [3.8, 4) is 5.75 Å². The van der Waals surface area contributed by atoms with Gasteiger partial charge in [0.15, 0.2) is 0 Å². The zero-order chi connectivity index (χ0) is 17.3. The lowest BCUT2D eigenvalue weighted by molar-refractivity contribution is -0.384. The van der Waals surface area contributed by atoms with Crippen LogP contribution in [0.25, 0.3) is 0 Å². The van der Waals surface area contributed by atoms with Crippen molar-refractivity contribution in [2.75, 3.05) is 12.4 Å². The number of ether oxygens (including phenoxy) is 1. The van der Waals surface area contributed by atoms with E-state index in [0.717, 1.165) is 17.7 Å². The number of rotatable bonds is 5. The SMILES string of the molecule is COc1ccc(C2CC2C(=O)Nc2cc([N+](=O)[O-])ccc2Br)cc1. The highest BCUT2D eigenvalue weighted by Crippen LogP contribution is 2.48. The number of non-ortho nitro benzene ring substituents is 1. The molecule has 0 bridgehead atoms. The van der Waals surface area contributed by atoms with Crippen molar-refractivity contribution in [3.05, 3.63) is 62.6 Å². The summed E-state index contributed by atoms with van der Waals surface area (Å²) in [5.74, 6) is 0.705. The summed E-state index contributed by atoms with van der Waals surface area (Å²) in [6, 6.07) is 12.0. The second-order valence-corrected chi connectivity index (χ2v) is 6.49. The molecule has 2 aromatic rings. The zero-order valence-electron chi connectivity index (χ0n) is 12.9. The van der Waals surface area contributed by atoms with Crippen molar-refractivity contribution < 1.29 is 14.5 Å². The molecule has 24 heavy (non-hydrogen) atoms. The fourth-order valence-electron chi connectivity index (χ4n) is 2.65. The molecule has 1 saturated carbocycles. The van der Waals surface area contributed by atoms with Crippen molar-refractivity contribution in [2.24, 2.45) is 5.92 Å². The smallest absolute Gasteiger partial charge is 0.271 e. The van der Waals surface area contributed by atoms with Gasteiger partial charge in [-0.1, -0.05) is 12.1 Å². The molecule has 1 fully saturated rings. The summed E-state index contributed by atoms with van der Waals surface area (Å²) in [6.07, 6.45) is 0.769. The number of nitrogens with zero attached hydrogens (tertiary/aromatic N) is 1. The Hall–Kier alpha value is -2.41. The highest BCUT2D eigenvalue weighted by molar-refractivity contribution is 9.10. The topological polar surface area (TPSA) is 81.5 Å². The highest BCUT2D eigenvalue weighted by Gasteiger charge is 2.44. The van der Waals surface area contributed by atoms with Crippen LogP contribution < -0.4 is 10.1 Å². The molecule has 1 aliphatic carbocycles. The number of carbonyl (C=O) groups excluding carboxylic acids is 1. The van der Waals surface area contributed by atoms with Crippen LogP contribution in [0.1, 0.15) is 17.9 Å². The van der Waals surface area contributed by atoms with Crippen molar-refractivity contribution in [2.45, 2.75) is 12.3 Å². The second kappa shape index (κ2) is 6.60. The Bertz CT molecular complexity index is 792. The first-order valence-electron chi connectivity index (χ1n) is 7.38. The number of anilines is 1. The number of nitro benzene ring substituents is 1. The van der Waals surface area contributed by atoms with E-state index in [-0.39, 0.29) is 23.4 Å². The van der Waals surface area contributed by atoms with E-state index in [4.69, 9.17) is 4.74 Å². The molecule has 1 N–H and O–H groups in total. The minimum atomic E-state index is -0.487. The van der Waals surface area contributed by atoms with E-state index in [1.165, 1.54) is 12.1 Å². The molecule has 3 rings (SSSR count). The standard InChI is InChI=1S/C17H15BrN2O4/c1-24-12-5-2-10(3-6-12)13-9-14(13)17(21)19-16-8-11(20(22)23)4-7-15(16)18/h2-8,13-14H,9H2,1H3,(H,19,21). The number of hydrogen-bond acceptors (Lipinski definition) is 4. The Labute approximate surface area is 147 Å². The fourth-order valence-corrected chi connectivity index (χ4v) is 3.00. The van der Waals surface area contributed by atoms with Crippen LogP contribution in [0.4, 0.5) is 11.4 Å². The van der Waals surface area contributed by atoms with Crippen molar-refractivity contribution >= 4 is 33.2 Å². The van der Waals surface area contributed by atoms with Gasteiger partial charge in [0.1, 0.15) is 5.75 Å². The predicted octanol–water partition coefficient (Wildman–Crippen LogP) is 4.11. The van der Waals surface area contributed by atoms with Gasteiger partial charge in [-0.25, -0.2) is 0 Å². The van der Waals surface area contributed by atoms with Crippen LogP contribution >= 0.6 is 15.9 Å². The number of hydrogen-bond donors (Lipinski definition) is 1. The minimum absolute atomic E-state index is 0.0593. The first kappa shape index (κ1) is 16.4. The van der Waals surface area contributed by atoms with Gasteiger partial charge in [0.2, 0.25) is 5.91 Å². The van der Waals surface area contributed by atoms with E-state index in [0.29, 0.717) is 10.2 Å². The molecule has 1 amide bonds. The summed E-state index contributed by atoms with van der Waals surface area (Å²) in [7, 11) is 1.61. The molecule has 6 nitrogen and oxygen atoms in total. The van der Waals surface area contributed by atoms with E-state index < -0.39 is 4.92 Å². The van der Waals surface area contributed by atoms with Crippen LogP contribution in [0.3, 0.4) is 0 Å². The van der Waals surface area contributed by atoms with Gasteiger partial charge >= 0.3 is 0 Å². The van der Waals surface area contributed by atoms with Gasteiger partial charge in [-0.3, -0.25) is 14.9 Å². The minimum Gasteiger partial charge on any atom is -0.497 e. The Kier molecular flexibility index (Phi) is 4.53. The van der Waals surface area contributed by atoms with E-state index in [9.17, 15) is 14.9 Å². The van der Waals surface area contributed by atoms with Gasteiger partial charge in [-0.15, -0.1) is 0 Å². The van der Waals surface area contributed by atoms with Gasteiger partial charge in [-0.05, 0) is 52.0 Å². The number of nitro groups is 1. The number of benzene rings is 2. The van der Waals surface area contributed by atoms with Crippen LogP contribution in [0.5, 0.6) is 5.75 Å². The molecule has 124 valence electrons. The third-order valence-corrected chi connectivity index (χ3v) is 4.78. The van der Waals surface area contributed by atoms with E-state index in [1.54, 1.807) is 13.2 Å². The van der Waals surface area contributed by atoms with Crippen molar-refractivity contribution in [3.63, 3.8) is 0 Å². The maximum absolute atomic E-state index is 12.4. The van der Waals surface area contributed by atoms with Crippen LogP contribution in [-0.2, 0) is 4.79 Å². The fraction of sp³-hybridized carbons (Fsp3) is 0.235. The van der Waals surface area contributed by atoms with Crippen molar-refractivity contribution in [1.29, 1.82) is 0 Å². The average molecular weight is 391 g/mol. The highest BCUT2D eigenvalue weighted by atomic mass is 79.9. The summed E-state index contributed by atoms with van der Waals surface area (Å²) in [5, 5.41) is 13.6. The molecule has 7 heteroatoms. The number of methoxy groups -OCH3 is 1. The van der Waals surface area contributed by atoms with E-state index in [1.807, 2.05) is 24.3 Å². The Morgan fingerprint density at radius 1 is 1.29 bits per heavy atom. The molecular formula is C17H15BrN2O4. The van der Waals surface area contributed by atoms with Crippen LogP contribution in [0.15, 0.2) is 46.9 Å². The molecule has 0 spiro atoms. The number of nitrogens with one attached hydrogen (secondary N) is 1. The van der Waals surface area contributed by atoms with Crippen LogP contribution in [0.2, 0.25) is 0 Å². The third kappa shape index (κ3) is 3.41. The van der Waals surface area contributed by atoms with Crippen LogP contribution in [-0.4, -0.2) is 17.9 Å². The van der Waals surface area contributed by atoms with Gasteiger partial charge < -0.3 is 10.1 Å². The molecule has 0 radical (unpaired) electrons. The second-order valence-electron chi connectivity index (χ2n) is 5.63. The maximum Gasteiger partial charge on any atom is 0.271 e. The quantitative estimate of drug-likeness (QED) is 0.615. The lowest BCUT2D eigenvalue weighted by Gasteiger charge is -2.07. The maximum atomic E-state index is 12.4. The predicted molar refractivity (Wildman–Crippen MR) is 93.3 cm³/mol. The van der Waals surface area contributed by atoms with Crippen molar-refractivity contribution in [1.82, 2.24) is 0 Å². The molecule has 2 aromatic carbocycles. The molecule has 1 aliphatic rings. The van der Waals surface area contributed by atoms with Gasteiger partial charge in [0.05, 0.1) is 17.7 Å². The molecule has 0 saturated heterocycles. The first-order valence-corrected chi connectivity index (χ1v) is 8.17. The summed E-state index contributed by atoms with van der Waals surface area (Å²) < 4.78 is 5.74. The monoisotopic (exact) mass is 390 g/mol.